The maximum atomic E-state index is 11.9. The van der Waals surface area contributed by atoms with Crippen LogP contribution in [0, 0.1) is 0 Å². The van der Waals surface area contributed by atoms with Crippen LogP contribution < -0.4 is 10.5 Å². The summed E-state index contributed by atoms with van der Waals surface area (Å²) < 4.78 is 1.59. The van der Waals surface area contributed by atoms with Gasteiger partial charge in [-0.25, -0.2) is 4.98 Å². The van der Waals surface area contributed by atoms with Gasteiger partial charge in [-0.15, -0.1) is 0 Å². The fourth-order valence-corrected chi connectivity index (χ4v) is 2.46. The molecule has 0 N–H and O–H groups in total. The lowest BCUT2D eigenvalue weighted by molar-refractivity contribution is 0.663. The van der Waals surface area contributed by atoms with E-state index in [0.29, 0.717) is 5.82 Å². The first-order valence-corrected chi connectivity index (χ1v) is 6.22. The summed E-state index contributed by atoms with van der Waals surface area (Å²) in [5.41, 5.74) is 3.31. The molecule has 90 valence electrons. The summed E-state index contributed by atoms with van der Waals surface area (Å²) in [6.07, 6.45) is 8.23. The van der Waals surface area contributed by atoms with Crippen LogP contribution >= 0.6 is 0 Å². The van der Waals surface area contributed by atoms with Crippen molar-refractivity contribution < 1.29 is 0 Å². The highest BCUT2D eigenvalue weighted by Crippen LogP contribution is 2.36. The molecule has 0 unspecified atom stereocenters. The van der Waals surface area contributed by atoms with Gasteiger partial charge in [0.2, 0.25) is 0 Å². The molecule has 0 bridgehead atoms. The van der Waals surface area contributed by atoms with E-state index in [2.05, 4.69) is 9.88 Å². The molecule has 1 aromatic rings. The van der Waals surface area contributed by atoms with Gasteiger partial charge < -0.3 is 9.47 Å². The summed E-state index contributed by atoms with van der Waals surface area (Å²) in [7, 11) is 1.77. The van der Waals surface area contributed by atoms with E-state index < -0.39 is 0 Å². The summed E-state index contributed by atoms with van der Waals surface area (Å²) in [5.74, 6) is 0.606. The van der Waals surface area contributed by atoms with Crippen LogP contribution in [-0.4, -0.2) is 22.6 Å². The first kappa shape index (κ1) is 10.6. The van der Waals surface area contributed by atoms with Gasteiger partial charge in [0.15, 0.2) is 5.82 Å². The van der Waals surface area contributed by atoms with Gasteiger partial charge in [-0.05, 0) is 25.7 Å². The van der Waals surface area contributed by atoms with Crippen LogP contribution in [-0.2, 0) is 7.05 Å². The van der Waals surface area contributed by atoms with Crippen LogP contribution in [0.25, 0.3) is 0 Å². The Kier molecular flexibility index (Phi) is 2.50. The van der Waals surface area contributed by atoms with Crippen LogP contribution in [0.15, 0.2) is 28.3 Å². The second-order valence-electron chi connectivity index (χ2n) is 4.86. The molecule has 0 aromatic carbocycles. The zero-order valence-electron chi connectivity index (χ0n) is 10.1. The summed E-state index contributed by atoms with van der Waals surface area (Å²) >= 11 is 0. The van der Waals surface area contributed by atoms with E-state index in [0.717, 1.165) is 25.9 Å². The van der Waals surface area contributed by atoms with Gasteiger partial charge in [0, 0.05) is 32.5 Å². The third kappa shape index (κ3) is 1.99. The number of allylic oxidation sites excluding steroid dienone is 1. The molecule has 4 heteroatoms. The first-order chi connectivity index (χ1) is 8.25. The number of piperidine rings is 1. The normalized spacial score (nSPS) is 19.7. The van der Waals surface area contributed by atoms with Crippen LogP contribution in [0.1, 0.15) is 25.7 Å². The van der Waals surface area contributed by atoms with Crippen molar-refractivity contribution in [1.29, 1.82) is 0 Å². The zero-order valence-corrected chi connectivity index (χ0v) is 10.1. The van der Waals surface area contributed by atoms with Crippen molar-refractivity contribution in [2.45, 2.75) is 25.7 Å². The first-order valence-electron chi connectivity index (χ1n) is 6.22. The predicted octanol–water partition coefficient (Wildman–Crippen LogP) is 1.47. The number of aromatic nitrogens is 2. The van der Waals surface area contributed by atoms with Crippen molar-refractivity contribution in [3.63, 3.8) is 0 Å². The van der Waals surface area contributed by atoms with Crippen molar-refractivity contribution >= 4 is 5.82 Å². The molecule has 0 spiro atoms. The number of rotatable bonds is 1. The molecule has 2 heterocycles. The van der Waals surface area contributed by atoms with Crippen LogP contribution in [0.2, 0.25) is 0 Å². The minimum absolute atomic E-state index is 0.00928. The largest absolute Gasteiger partial charge is 0.351 e. The topological polar surface area (TPSA) is 38.1 Å². The molecule has 1 aromatic heterocycles. The Morgan fingerprint density at radius 1 is 1.12 bits per heavy atom. The molecule has 1 aliphatic heterocycles. The highest BCUT2D eigenvalue weighted by atomic mass is 16.1. The summed E-state index contributed by atoms with van der Waals surface area (Å²) in [6.45, 7) is 1.87. The third-order valence-electron chi connectivity index (χ3n) is 3.67. The predicted molar refractivity (Wildman–Crippen MR) is 67.2 cm³/mol. The zero-order chi connectivity index (χ0) is 11.8. The van der Waals surface area contributed by atoms with E-state index in [9.17, 15) is 4.79 Å². The number of aryl methyl sites for hydroxylation is 1. The highest BCUT2D eigenvalue weighted by molar-refractivity contribution is 5.39. The van der Waals surface area contributed by atoms with Crippen molar-refractivity contribution in [2.24, 2.45) is 7.05 Å². The molecule has 1 aliphatic carbocycles. The molecule has 17 heavy (non-hydrogen) atoms. The molecular formula is C13H17N3O. The Hall–Kier alpha value is -1.58. The van der Waals surface area contributed by atoms with Gasteiger partial charge in [0.1, 0.15) is 0 Å². The third-order valence-corrected chi connectivity index (χ3v) is 3.67. The van der Waals surface area contributed by atoms with Gasteiger partial charge in [-0.2, -0.15) is 0 Å². The van der Waals surface area contributed by atoms with Crippen molar-refractivity contribution in [3.8, 4) is 0 Å². The van der Waals surface area contributed by atoms with Gasteiger partial charge in [0.25, 0.3) is 5.56 Å². The van der Waals surface area contributed by atoms with Crippen molar-refractivity contribution in [3.05, 3.63) is 33.9 Å². The average Bonchev–Trinajstić information content (AvgIpc) is 3.17. The quantitative estimate of drug-likeness (QED) is 0.687. The highest BCUT2D eigenvalue weighted by Gasteiger charge is 2.23. The summed E-state index contributed by atoms with van der Waals surface area (Å²) in [4.78, 5) is 18.3. The fraction of sp³-hybridized carbons (Fsp3) is 0.538. The Morgan fingerprint density at radius 2 is 1.76 bits per heavy atom. The Bertz CT molecular complexity index is 514. The number of nitrogens with zero attached hydrogens (tertiary/aromatic N) is 3. The van der Waals surface area contributed by atoms with Gasteiger partial charge >= 0.3 is 0 Å². The molecule has 1 saturated heterocycles. The molecule has 0 amide bonds. The molecule has 0 radical (unpaired) electrons. The second kappa shape index (κ2) is 4.02. The molecule has 0 atom stereocenters. The minimum Gasteiger partial charge on any atom is -0.351 e. The lowest BCUT2D eigenvalue weighted by Gasteiger charge is -2.28. The van der Waals surface area contributed by atoms with E-state index in [1.165, 1.54) is 12.8 Å². The number of hydrogen-bond acceptors (Lipinski definition) is 3. The van der Waals surface area contributed by atoms with E-state index in [1.54, 1.807) is 35.2 Å². The number of hydrogen-bond donors (Lipinski definition) is 0. The molecule has 4 nitrogen and oxygen atoms in total. The lowest BCUT2D eigenvalue weighted by atomic mass is 10.0. The van der Waals surface area contributed by atoms with Gasteiger partial charge in [-0.1, -0.05) is 11.1 Å². The Morgan fingerprint density at radius 3 is 2.41 bits per heavy atom. The monoisotopic (exact) mass is 231 g/mol. The van der Waals surface area contributed by atoms with E-state index in [1.807, 2.05) is 0 Å². The maximum absolute atomic E-state index is 11.9. The van der Waals surface area contributed by atoms with E-state index >= 15 is 0 Å². The molecule has 1 saturated carbocycles. The minimum atomic E-state index is 0.00928. The fourth-order valence-electron chi connectivity index (χ4n) is 2.46. The smallest absolute Gasteiger partial charge is 0.293 e. The molecule has 3 rings (SSSR count). The molecule has 2 fully saturated rings. The van der Waals surface area contributed by atoms with Gasteiger partial charge in [-0.3, -0.25) is 4.79 Å². The Labute approximate surface area is 101 Å². The number of anilines is 1. The second-order valence-corrected chi connectivity index (χ2v) is 4.86. The summed E-state index contributed by atoms with van der Waals surface area (Å²) in [6, 6.07) is 0. The summed E-state index contributed by atoms with van der Waals surface area (Å²) in [5, 5.41) is 0. The van der Waals surface area contributed by atoms with Crippen LogP contribution in [0.4, 0.5) is 5.82 Å². The molecule has 2 aliphatic rings. The van der Waals surface area contributed by atoms with Crippen molar-refractivity contribution in [2.75, 3.05) is 18.0 Å². The average molecular weight is 231 g/mol. The van der Waals surface area contributed by atoms with Crippen LogP contribution in [0.3, 0.4) is 0 Å². The SMILES string of the molecule is Cn1ccnc(N2CCC(=C3CC3)CC2)c1=O. The van der Waals surface area contributed by atoms with E-state index in [-0.39, 0.29) is 5.56 Å². The van der Waals surface area contributed by atoms with Gasteiger partial charge in [0.05, 0.1) is 0 Å². The lowest BCUT2D eigenvalue weighted by Crippen LogP contribution is -2.36. The van der Waals surface area contributed by atoms with Crippen LogP contribution in [0.5, 0.6) is 0 Å². The maximum Gasteiger partial charge on any atom is 0.293 e. The molecular weight excluding hydrogens is 214 g/mol. The van der Waals surface area contributed by atoms with E-state index in [4.69, 9.17) is 0 Å². The Balaban J connectivity index is 1.80. The van der Waals surface area contributed by atoms with Crippen molar-refractivity contribution in [1.82, 2.24) is 9.55 Å². The standard InChI is InChI=1S/C13H17N3O/c1-15-9-6-14-12(13(15)17)16-7-4-11(5-8-16)10-2-3-10/h6,9H,2-5,7-8H2,1H3.